The topological polar surface area (TPSA) is 38.0 Å². The van der Waals surface area contributed by atoms with Gasteiger partial charge < -0.3 is 5.32 Å². The van der Waals surface area contributed by atoms with Crippen molar-refractivity contribution in [3.8, 4) is 0 Å². The van der Waals surface area contributed by atoms with Crippen LogP contribution in [0, 0.1) is 5.41 Å². The quantitative estimate of drug-likeness (QED) is 0.426. The zero-order valence-corrected chi connectivity index (χ0v) is 6.44. The second-order valence-electron chi connectivity index (χ2n) is 1.04. The largest absolute Gasteiger partial charge is 0.662 e. The number of nitrogens with one attached hydrogen (secondary N) is 1. The highest BCUT2D eigenvalue weighted by Crippen LogP contribution is 2.04. The first-order chi connectivity index (χ1) is 3.66. The molecule has 0 unspecified atom stereocenters. The summed E-state index contributed by atoms with van der Waals surface area (Å²) in [4.78, 5) is 0. The molecule has 0 fully saturated rings. The van der Waals surface area contributed by atoms with E-state index < -0.39 is 5.95 Å². The monoisotopic (exact) mass is 227 g/mol. The predicted octanol–water partition coefficient (Wildman–Crippen LogP) is 2.21. The van der Waals surface area contributed by atoms with Crippen LogP contribution in [0.25, 0.3) is 5.32 Å². The van der Waals surface area contributed by atoms with E-state index in [0.717, 1.165) is 6.08 Å². The summed E-state index contributed by atoms with van der Waals surface area (Å²) in [6.07, 6.45) is 1.04. The molecule has 0 aliphatic heterocycles. The van der Waals surface area contributed by atoms with Crippen LogP contribution in [-0.4, -0.2) is 10.8 Å². The van der Waals surface area contributed by atoms with Crippen LogP contribution in [0.2, 0.25) is 0 Å². The molecular formula is C4H5FIN2-. The highest BCUT2D eigenvalue weighted by atomic mass is 127. The van der Waals surface area contributed by atoms with E-state index in [-0.39, 0.29) is 3.72 Å². The summed E-state index contributed by atoms with van der Waals surface area (Å²) in [5, 5.41) is 9.92. The van der Waals surface area contributed by atoms with Crippen LogP contribution in [-0.2, 0) is 0 Å². The van der Waals surface area contributed by atoms with E-state index >= 15 is 0 Å². The molecular weight excluding hydrogens is 222 g/mol. The second kappa shape index (κ2) is 3.82. The highest BCUT2D eigenvalue weighted by molar-refractivity contribution is 14.1. The van der Waals surface area contributed by atoms with E-state index in [2.05, 4.69) is 5.32 Å². The second-order valence-corrected chi connectivity index (χ2v) is 2.20. The Balaban J connectivity index is 3.75. The maximum absolute atomic E-state index is 11.9. The maximum Gasteiger partial charge on any atom is 0.0929 e. The molecule has 4 heteroatoms. The van der Waals surface area contributed by atoms with Crippen molar-refractivity contribution in [3.63, 3.8) is 0 Å². The van der Waals surface area contributed by atoms with Gasteiger partial charge >= 0.3 is 0 Å². The third-order valence-electron chi connectivity index (χ3n) is 0.459. The van der Waals surface area contributed by atoms with Gasteiger partial charge in [0.15, 0.2) is 0 Å². The standard InChI is InChI=1S/C4H5FIN2/c1-8-3(5)2-4(6)7/h2,7H,1H3/q-1/b3-2-,7-4?. The lowest BCUT2D eigenvalue weighted by Crippen LogP contribution is -1.75. The van der Waals surface area contributed by atoms with Crippen LogP contribution >= 0.6 is 22.6 Å². The van der Waals surface area contributed by atoms with Gasteiger partial charge in [-0.15, -0.1) is 7.05 Å². The van der Waals surface area contributed by atoms with Crippen LogP contribution < -0.4 is 0 Å². The van der Waals surface area contributed by atoms with Crippen molar-refractivity contribution >= 4 is 26.3 Å². The Morgan fingerprint density at radius 1 is 1.88 bits per heavy atom. The summed E-state index contributed by atoms with van der Waals surface area (Å²) in [7, 11) is 1.34. The Morgan fingerprint density at radius 3 is 2.50 bits per heavy atom. The lowest BCUT2D eigenvalue weighted by molar-refractivity contribution is 0.657. The van der Waals surface area contributed by atoms with E-state index in [1.165, 1.54) is 7.05 Å². The molecule has 0 saturated heterocycles. The van der Waals surface area contributed by atoms with Crippen molar-refractivity contribution in [2.45, 2.75) is 0 Å². The molecule has 1 N–H and O–H groups in total. The average Bonchev–Trinajstić information content (AvgIpc) is 1.65. The van der Waals surface area contributed by atoms with E-state index in [1.54, 1.807) is 22.6 Å². The summed E-state index contributed by atoms with van der Waals surface area (Å²) < 4.78 is 12.1. The van der Waals surface area contributed by atoms with Crippen molar-refractivity contribution in [3.05, 3.63) is 17.3 Å². The minimum atomic E-state index is -0.607. The third kappa shape index (κ3) is 4.04. The molecule has 0 atom stereocenters. The van der Waals surface area contributed by atoms with E-state index in [9.17, 15) is 4.39 Å². The average molecular weight is 227 g/mol. The fourth-order valence-electron chi connectivity index (χ4n) is 0.169. The number of hydrogen-bond donors (Lipinski definition) is 1. The van der Waals surface area contributed by atoms with Crippen LogP contribution in [0.15, 0.2) is 12.0 Å². The first-order valence-corrected chi connectivity index (χ1v) is 2.95. The van der Waals surface area contributed by atoms with Gasteiger partial charge in [-0.2, -0.15) is 0 Å². The summed E-state index contributed by atoms with van der Waals surface area (Å²) in [6.45, 7) is 0. The SMILES string of the molecule is C[N-]/C(F)=C\C(=N)I. The molecule has 0 aliphatic rings. The summed E-state index contributed by atoms with van der Waals surface area (Å²) in [5.41, 5.74) is 0. The molecule has 0 rings (SSSR count). The Morgan fingerprint density at radius 2 is 2.38 bits per heavy atom. The molecule has 0 aromatic carbocycles. The van der Waals surface area contributed by atoms with Crippen LogP contribution in [0.5, 0.6) is 0 Å². The number of hydrogen-bond acceptors (Lipinski definition) is 1. The Kier molecular flexibility index (Phi) is 3.76. The summed E-state index contributed by atoms with van der Waals surface area (Å²) >= 11 is 1.69. The Labute approximate surface area is 60.8 Å². The van der Waals surface area contributed by atoms with Gasteiger partial charge in [0.1, 0.15) is 0 Å². The van der Waals surface area contributed by atoms with E-state index in [4.69, 9.17) is 5.41 Å². The van der Waals surface area contributed by atoms with Crippen molar-refractivity contribution in [1.29, 1.82) is 5.41 Å². The molecule has 0 aromatic heterocycles. The number of rotatable bonds is 2. The number of nitrogens with zero attached hydrogens (tertiary/aromatic N) is 1. The molecule has 0 amide bonds. The normalized spacial score (nSPS) is 11.1. The smallest absolute Gasteiger partial charge is 0.0929 e. The van der Waals surface area contributed by atoms with Crippen molar-refractivity contribution in [2.75, 3.05) is 7.05 Å². The molecule has 0 aromatic rings. The Bertz CT molecular complexity index is 121. The van der Waals surface area contributed by atoms with E-state index in [1.807, 2.05) is 0 Å². The van der Waals surface area contributed by atoms with Crippen molar-refractivity contribution < 1.29 is 4.39 Å². The van der Waals surface area contributed by atoms with Crippen LogP contribution in [0.1, 0.15) is 0 Å². The lowest BCUT2D eigenvalue weighted by atomic mass is 10.6. The molecule has 46 valence electrons. The maximum atomic E-state index is 11.9. The van der Waals surface area contributed by atoms with Gasteiger partial charge in [-0.3, -0.25) is 5.41 Å². The van der Waals surface area contributed by atoms with Crippen LogP contribution in [0.3, 0.4) is 0 Å². The highest BCUT2D eigenvalue weighted by Gasteiger charge is 1.78. The molecule has 0 saturated carbocycles. The number of halogens is 2. The van der Waals surface area contributed by atoms with Crippen molar-refractivity contribution in [2.24, 2.45) is 0 Å². The van der Waals surface area contributed by atoms with E-state index in [0.29, 0.717) is 0 Å². The molecule has 0 radical (unpaired) electrons. The molecule has 0 heterocycles. The third-order valence-corrected chi connectivity index (χ3v) is 0.771. The molecule has 0 spiro atoms. The van der Waals surface area contributed by atoms with Gasteiger partial charge in [0.25, 0.3) is 0 Å². The zero-order chi connectivity index (χ0) is 6.57. The minimum absolute atomic E-state index is 0.144. The zero-order valence-electron chi connectivity index (χ0n) is 4.28. The lowest BCUT2D eigenvalue weighted by Gasteiger charge is -2.06. The first-order valence-electron chi connectivity index (χ1n) is 1.88. The predicted molar refractivity (Wildman–Crippen MR) is 40.2 cm³/mol. The minimum Gasteiger partial charge on any atom is -0.662 e. The molecule has 0 aliphatic carbocycles. The molecule has 8 heavy (non-hydrogen) atoms. The van der Waals surface area contributed by atoms with Crippen LogP contribution in [0.4, 0.5) is 4.39 Å². The summed E-state index contributed by atoms with van der Waals surface area (Å²) in [6, 6.07) is 0. The van der Waals surface area contributed by atoms with Gasteiger partial charge in [0, 0.05) is 5.95 Å². The van der Waals surface area contributed by atoms with Gasteiger partial charge in [0.05, 0.1) is 3.72 Å². The van der Waals surface area contributed by atoms with Gasteiger partial charge in [-0.25, -0.2) is 4.39 Å². The van der Waals surface area contributed by atoms with Gasteiger partial charge in [-0.1, -0.05) is 0 Å². The van der Waals surface area contributed by atoms with Crippen molar-refractivity contribution in [1.82, 2.24) is 0 Å². The van der Waals surface area contributed by atoms with Gasteiger partial charge in [0.2, 0.25) is 0 Å². The molecule has 0 bridgehead atoms. The first kappa shape index (κ1) is 7.87. The molecule has 2 nitrogen and oxygen atoms in total. The van der Waals surface area contributed by atoms with Gasteiger partial charge in [-0.05, 0) is 28.7 Å². The summed E-state index contributed by atoms with van der Waals surface area (Å²) in [5.74, 6) is -0.607. The number of allylic oxidation sites excluding steroid dienone is 1. The Hall–Kier alpha value is -0.130. The fraction of sp³-hybridized carbons (Fsp3) is 0.250. The fourth-order valence-corrected chi connectivity index (χ4v) is 0.426.